The molecule has 2 unspecified atom stereocenters. The average Bonchev–Trinajstić information content (AvgIpc) is 2.87. The minimum Gasteiger partial charge on any atom is -0.383 e. The SMILES string of the molecule is COCCNCC1CC1C1CC1. The third-order valence-corrected chi connectivity index (χ3v) is 3.09. The van der Waals surface area contributed by atoms with Gasteiger partial charge >= 0.3 is 0 Å². The summed E-state index contributed by atoms with van der Waals surface area (Å²) in [6.07, 6.45) is 4.52. The smallest absolute Gasteiger partial charge is 0.0587 e. The second kappa shape index (κ2) is 3.75. The highest BCUT2D eigenvalue weighted by Crippen LogP contribution is 2.53. The maximum absolute atomic E-state index is 4.97. The zero-order chi connectivity index (χ0) is 8.39. The maximum atomic E-state index is 4.97. The van der Waals surface area contributed by atoms with Crippen LogP contribution in [0, 0.1) is 17.8 Å². The number of hydrogen-bond donors (Lipinski definition) is 1. The second-order valence-corrected chi connectivity index (χ2v) is 4.19. The van der Waals surface area contributed by atoms with E-state index < -0.39 is 0 Å². The molecule has 0 bridgehead atoms. The van der Waals surface area contributed by atoms with E-state index in [0.29, 0.717) is 0 Å². The van der Waals surface area contributed by atoms with Gasteiger partial charge in [-0.1, -0.05) is 0 Å². The Hall–Kier alpha value is -0.0800. The normalized spacial score (nSPS) is 33.8. The first kappa shape index (κ1) is 8.52. The van der Waals surface area contributed by atoms with Crippen LogP contribution in [0.4, 0.5) is 0 Å². The van der Waals surface area contributed by atoms with Crippen molar-refractivity contribution < 1.29 is 4.74 Å². The van der Waals surface area contributed by atoms with E-state index in [-0.39, 0.29) is 0 Å². The minimum absolute atomic E-state index is 0.848. The molecule has 0 spiro atoms. The zero-order valence-corrected chi connectivity index (χ0v) is 7.88. The average molecular weight is 169 g/mol. The van der Waals surface area contributed by atoms with Crippen molar-refractivity contribution in [3.63, 3.8) is 0 Å². The first-order valence-electron chi connectivity index (χ1n) is 5.11. The van der Waals surface area contributed by atoms with Gasteiger partial charge in [-0.2, -0.15) is 0 Å². The quantitative estimate of drug-likeness (QED) is 0.605. The first-order chi connectivity index (χ1) is 5.92. The van der Waals surface area contributed by atoms with Gasteiger partial charge in [0, 0.05) is 13.7 Å². The Morgan fingerprint density at radius 1 is 1.42 bits per heavy atom. The van der Waals surface area contributed by atoms with Crippen LogP contribution in [0.3, 0.4) is 0 Å². The zero-order valence-electron chi connectivity index (χ0n) is 7.88. The van der Waals surface area contributed by atoms with E-state index in [1.54, 1.807) is 7.11 Å². The lowest BCUT2D eigenvalue weighted by molar-refractivity contribution is 0.199. The monoisotopic (exact) mass is 169 g/mol. The van der Waals surface area contributed by atoms with Crippen molar-refractivity contribution >= 4 is 0 Å². The topological polar surface area (TPSA) is 21.3 Å². The van der Waals surface area contributed by atoms with Gasteiger partial charge in [0.05, 0.1) is 6.61 Å². The molecule has 0 aromatic carbocycles. The largest absolute Gasteiger partial charge is 0.383 e. The van der Waals surface area contributed by atoms with E-state index in [0.717, 1.165) is 30.9 Å². The molecule has 12 heavy (non-hydrogen) atoms. The van der Waals surface area contributed by atoms with Crippen LogP contribution in [0.5, 0.6) is 0 Å². The fourth-order valence-corrected chi connectivity index (χ4v) is 2.07. The Morgan fingerprint density at radius 3 is 2.92 bits per heavy atom. The fourth-order valence-electron chi connectivity index (χ4n) is 2.07. The summed E-state index contributed by atoms with van der Waals surface area (Å²) in [5.41, 5.74) is 0. The molecule has 1 N–H and O–H groups in total. The number of rotatable bonds is 6. The predicted molar refractivity (Wildman–Crippen MR) is 49.1 cm³/mol. The molecular weight excluding hydrogens is 150 g/mol. The highest BCUT2D eigenvalue weighted by Gasteiger charge is 2.46. The van der Waals surface area contributed by atoms with Crippen LogP contribution < -0.4 is 5.32 Å². The van der Waals surface area contributed by atoms with Crippen molar-refractivity contribution in [2.45, 2.75) is 19.3 Å². The number of methoxy groups -OCH3 is 1. The van der Waals surface area contributed by atoms with Crippen LogP contribution in [0.1, 0.15) is 19.3 Å². The molecule has 0 heterocycles. The summed E-state index contributed by atoms with van der Waals surface area (Å²) in [6.45, 7) is 3.09. The van der Waals surface area contributed by atoms with Gasteiger partial charge in [0.1, 0.15) is 0 Å². The number of ether oxygens (including phenoxy) is 1. The fraction of sp³-hybridized carbons (Fsp3) is 1.00. The van der Waals surface area contributed by atoms with Crippen molar-refractivity contribution in [3.05, 3.63) is 0 Å². The summed E-state index contributed by atoms with van der Waals surface area (Å²) in [5, 5.41) is 3.44. The van der Waals surface area contributed by atoms with Crippen LogP contribution in [0.25, 0.3) is 0 Å². The van der Waals surface area contributed by atoms with Gasteiger partial charge in [-0.25, -0.2) is 0 Å². The molecular formula is C10H19NO. The number of nitrogens with one attached hydrogen (secondary N) is 1. The Kier molecular flexibility index (Phi) is 2.66. The minimum atomic E-state index is 0.848. The molecule has 0 aliphatic heterocycles. The van der Waals surface area contributed by atoms with Gasteiger partial charge in [0.2, 0.25) is 0 Å². The second-order valence-electron chi connectivity index (χ2n) is 4.19. The molecule has 2 atom stereocenters. The summed E-state index contributed by atoms with van der Waals surface area (Å²) in [4.78, 5) is 0. The molecule has 0 aromatic rings. The van der Waals surface area contributed by atoms with Crippen LogP contribution in [-0.4, -0.2) is 26.8 Å². The lowest BCUT2D eigenvalue weighted by Crippen LogP contribution is -2.22. The first-order valence-corrected chi connectivity index (χ1v) is 5.11. The van der Waals surface area contributed by atoms with Crippen LogP contribution in [0.2, 0.25) is 0 Å². The molecule has 2 heteroatoms. The predicted octanol–water partition coefficient (Wildman–Crippen LogP) is 1.27. The van der Waals surface area contributed by atoms with Crippen molar-refractivity contribution in [1.82, 2.24) is 5.32 Å². The van der Waals surface area contributed by atoms with E-state index >= 15 is 0 Å². The molecule has 0 radical (unpaired) electrons. The third-order valence-electron chi connectivity index (χ3n) is 3.09. The lowest BCUT2D eigenvalue weighted by atomic mass is 10.2. The Morgan fingerprint density at radius 2 is 2.25 bits per heavy atom. The van der Waals surface area contributed by atoms with Gasteiger partial charge in [0.15, 0.2) is 0 Å². The molecule has 0 aromatic heterocycles. The molecule has 2 fully saturated rings. The molecule has 2 aliphatic carbocycles. The lowest BCUT2D eigenvalue weighted by Gasteiger charge is -2.02. The molecule has 2 saturated carbocycles. The number of hydrogen-bond acceptors (Lipinski definition) is 2. The maximum Gasteiger partial charge on any atom is 0.0587 e. The van der Waals surface area contributed by atoms with E-state index in [2.05, 4.69) is 5.32 Å². The van der Waals surface area contributed by atoms with Crippen LogP contribution in [-0.2, 0) is 4.74 Å². The van der Waals surface area contributed by atoms with Gasteiger partial charge in [-0.05, 0) is 43.6 Å². The van der Waals surface area contributed by atoms with Crippen molar-refractivity contribution in [1.29, 1.82) is 0 Å². The Bertz CT molecular complexity index is 145. The summed E-state index contributed by atoms with van der Waals surface area (Å²) in [5.74, 6) is 3.23. The van der Waals surface area contributed by atoms with E-state index in [4.69, 9.17) is 4.74 Å². The molecule has 2 rings (SSSR count). The Labute approximate surface area is 74.7 Å². The van der Waals surface area contributed by atoms with Crippen LogP contribution >= 0.6 is 0 Å². The van der Waals surface area contributed by atoms with Crippen LogP contribution in [0.15, 0.2) is 0 Å². The highest BCUT2D eigenvalue weighted by atomic mass is 16.5. The molecule has 70 valence electrons. The molecule has 0 saturated heterocycles. The van der Waals surface area contributed by atoms with Crippen molar-refractivity contribution in [3.8, 4) is 0 Å². The van der Waals surface area contributed by atoms with E-state index in [1.165, 1.54) is 25.8 Å². The van der Waals surface area contributed by atoms with E-state index in [9.17, 15) is 0 Å². The van der Waals surface area contributed by atoms with Gasteiger partial charge in [-0.3, -0.25) is 0 Å². The summed E-state index contributed by atoms with van der Waals surface area (Å²) in [6, 6.07) is 0. The summed E-state index contributed by atoms with van der Waals surface area (Å²) >= 11 is 0. The van der Waals surface area contributed by atoms with Gasteiger partial charge < -0.3 is 10.1 Å². The molecule has 0 amide bonds. The summed E-state index contributed by atoms with van der Waals surface area (Å²) < 4.78 is 4.97. The third kappa shape index (κ3) is 2.20. The summed E-state index contributed by atoms with van der Waals surface area (Å²) in [7, 11) is 1.76. The van der Waals surface area contributed by atoms with Crippen molar-refractivity contribution in [2.24, 2.45) is 17.8 Å². The molecule has 2 aliphatic rings. The molecule has 2 nitrogen and oxygen atoms in total. The van der Waals surface area contributed by atoms with Gasteiger partial charge in [0.25, 0.3) is 0 Å². The highest BCUT2D eigenvalue weighted by molar-refractivity contribution is 4.97. The van der Waals surface area contributed by atoms with Gasteiger partial charge in [-0.15, -0.1) is 0 Å². The Balaban J connectivity index is 1.46. The van der Waals surface area contributed by atoms with Crippen molar-refractivity contribution in [2.75, 3.05) is 26.8 Å². The standard InChI is InChI=1S/C10H19NO/c1-12-5-4-11-7-9-6-10(9)8-2-3-8/h8-11H,2-7H2,1H3. The van der Waals surface area contributed by atoms with E-state index in [1.807, 2.05) is 0 Å².